The summed E-state index contributed by atoms with van der Waals surface area (Å²) in [5.74, 6) is 1.00. The molecule has 1 saturated carbocycles. The maximum absolute atomic E-state index is 12.7. The molecule has 1 saturated heterocycles. The summed E-state index contributed by atoms with van der Waals surface area (Å²) in [6.07, 6.45) is 3.70. The minimum atomic E-state index is -4.47. The zero-order chi connectivity index (χ0) is 21.1. The van der Waals surface area contributed by atoms with E-state index in [4.69, 9.17) is 0 Å². The van der Waals surface area contributed by atoms with Crippen molar-refractivity contribution in [1.29, 1.82) is 0 Å². The molecule has 0 bridgehead atoms. The quantitative estimate of drug-likeness (QED) is 0.659. The molecule has 0 aromatic heterocycles. The van der Waals surface area contributed by atoms with Crippen LogP contribution < -0.4 is 0 Å². The first-order chi connectivity index (χ1) is 13.7. The lowest BCUT2D eigenvalue weighted by molar-refractivity contribution is -0.137. The van der Waals surface area contributed by atoms with Gasteiger partial charge in [0.1, 0.15) is 0 Å². The number of nitrogens with zero attached hydrogens (tertiary/aromatic N) is 2. The van der Waals surface area contributed by atoms with Gasteiger partial charge in [-0.05, 0) is 87.7 Å². The molecule has 1 heterocycles. The number of rotatable bonds is 6. The maximum atomic E-state index is 12.7. The second-order valence-electron chi connectivity index (χ2n) is 8.56. The van der Waals surface area contributed by atoms with Crippen LogP contribution in [0.4, 0.5) is 13.2 Å². The topological polar surface area (TPSA) is 40.6 Å². The van der Waals surface area contributed by atoms with Crippen LogP contribution in [0.25, 0.3) is 0 Å². The third-order valence-electron chi connectivity index (χ3n) is 6.34. The van der Waals surface area contributed by atoms with Crippen molar-refractivity contribution in [1.82, 2.24) is 9.21 Å². The Morgan fingerprint density at radius 1 is 0.966 bits per heavy atom. The van der Waals surface area contributed by atoms with Crippen molar-refractivity contribution >= 4 is 10.0 Å². The van der Waals surface area contributed by atoms with Crippen molar-refractivity contribution in [2.75, 3.05) is 33.2 Å². The van der Waals surface area contributed by atoms with Crippen LogP contribution in [-0.2, 0) is 16.2 Å². The molecule has 29 heavy (non-hydrogen) atoms. The second-order valence-corrected chi connectivity index (χ2v) is 10.6. The molecule has 0 spiro atoms. The number of hydrogen-bond donors (Lipinski definition) is 0. The summed E-state index contributed by atoms with van der Waals surface area (Å²) in [7, 11) is -2.26. The van der Waals surface area contributed by atoms with Crippen LogP contribution in [0.15, 0.2) is 29.2 Å². The first-order valence-corrected chi connectivity index (χ1v) is 12.0. The Labute approximate surface area is 172 Å². The Kier molecular flexibility index (Phi) is 7.27. The van der Waals surface area contributed by atoms with Gasteiger partial charge in [0.2, 0.25) is 10.0 Å². The molecule has 2 aliphatic rings. The monoisotopic (exact) mass is 432 g/mol. The Hall–Kier alpha value is -1.12. The first-order valence-electron chi connectivity index (χ1n) is 10.5. The van der Waals surface area contributed by atoms with Crippen molar-refractivity contribution < 1.29 is 21.6 Å². The van der Waals surface area contributed by atoms with Crippen molar-refractivity contribution in [3.63, 3.8) is 0 Å². The van der Waals surface area contributed by atoms with Crippen molar-refractivity contribution in [2.24, 2.45) is 11.8 Å². The van der Waals surface area contributed by atoms with E-state index in [0.29, 0.717) is 18.4 Å². The second kappa shape index (κ2) is 9.35. The Bertz CT molecular complexity index is 751. The average molecular weight is 433 g/mol. The number of alkyl halides is 3. The van der Waals surface area contributed by atoms with E-state index in [1.807, 2.05) is 0 Å². The van der Waals surface area contributed by atoms with E-state index in [-0.39, 0.29) is 4.90 Å². The van der Waals surface area contributed by atoms with Gasteiger partial charge in [0.25, 0.3) is 0 Å². The van der Waals surface area contributed by atoms with Gasteiger partial charge in [-0.2, -0.15) is 13.2 Å². The summed E-state index contributed by atoms with van der Waals surface area (Å²) in [5, 5.41) is 0. The number of sulfonamides is 1. The third-order valence-corrected chi connectivity index (χ3v) is 8.17. The van der Waals surface area contributed by atoms with Crippen LogP contribution in [0, 0.1) is 11.8 Å². The fraction of sp³-hybridized carbons (Fsp3) is 0.714. The molecule has 0 amide bonds. The maximum Gasteiger partial charge on any atom is 0.416 e. The fourth-order valence-electron chi connectivity index (χ4n) is 4.56. The van der Waals surface area contributed by atoms with Gasteiger partial charge in [-0.1, -0.05) is 6.42 Å². The number of likely N-dealkylation sites (tertiary alicyclic amines) is 1. The fourth-order valence-corrected chi connectivity index (χ4v) is 5.81. The van der Waals surface area contributed by atoms with E-state index >= 15 is 0 Å². The van der Waals surface area contributed by atoms with E-state index in [0.717, 1.165) is 56.5 Å². The number of benzene rings is 1. The van der Waals surface area contributed by atoms with Crippen molar-refractivity contribution in [3.8, 4) is 0 Å². The predicted octanol–water partition coefficient (Wildman–Crippen LogP) is 4.62. The molecule has 1 aromatic carbocycles. The first kappa shape index (κ1) is 22.6. The molecule has 0 N–H and O–H groups in total. The predicted molar refractivity (Wildman–Crippen MR) is 107 cm³/mol. The summed E-state index contributed by atoms with van der Waals surface area (Å²) >= 11 is 0. The molecule has 1 aliphatic heterocycles. The lowest BCUT2D eigenvalue weighted by Crippen LogP contribution is -2.37. The molecule has 8 heteroatoms. The molecular weight excluding hydrogens is 401 g/mol. The van der Waals surface area contributed by atoms with Crippen LogP contribution in [0.2, 0.25) is 0 Å². The van der Waals surface area contributed by atoms with E-state index in [1.54, 1.807) is 0 Å². The van der Waals surface area contributed by atoms with Crippen LogP contribution >= 0.6 is 0 Å². The highest BCUT2D eigenvalue weighted by atomic mass is 32.2. The Balaban J connectivity index is 1.51. The molecule has 1 aromatic rings. The molecule has 164 valence electrons. The van der Waals surface area contributed by atoms with Gasteiger partial charge in [0, 0.05) is 20.1 Å². The van der Waals surface area contributed by atoms with Gasteiger partial charge in [0.15, 0.2) is 0 Å². The molecule has 0 atom stereocenters. The minimum absolute atomic E-state index is 0.0909. The molecule has 1 aliphatic carbocycles. The number of piperidine rings is 1. The lowest BCUT2D eigenvalue weighted by atomic mass is 9.81. The normalized spacial score (nSPS) is 24.7. The number of hydrogen-bond acceptors (Lipinski definition) is 3. The van der Waals surface area contributed by atoms with Crippen LogP contribution in [0.5, 0.6) is 0 Å². The summed E-state index contributed by atoms with van der Waals surface area (Å²) in [5.41, 5.74) is -0.842. The van der Waals surface area contributed by atoms with E-state index in [9.17, 15) is 21.6 Å². The summed E-state index contributed by atoms with van der Waals surface area (Å²) in [4.78, 5) is 2.47. The molecule has 0 unspecified atom stereocenters. The summed E-state index contributed by atoms with van der Waals surface area (Å²) in [6, 6.07) is 3.74. The number of halogens is 3. The van der Waals surface area contributed by atoms with Crippen LogP contribution in [-0.4, -0.2) is 50.8 Å². The molecular formula is C21H31F3N2O2S. The SMILES string of the molecule is CN(CC1CCC(CN2CCCCC2)CC1)S(=O)(=O)c1ccc(C(F)(F)F)cc1. The average Bonchev–Trinajstić information content (AvgIpc) is 2.69. The van der Waals surface area contributed by atoms with Gasteiger partial charge >= 0.3 is 6.18 Å². The lowest BCUT2D eigenvalue weighted by Gasteiger charge is -2.35. The summed E-state index contributed by atoms with van der Waals surface area (Å²) in [6.45, 7) is 3.98. The van der Waals surface area contributed by atoms with Gasteiger partial charge in [0.05, 0.1) is 10.5 Å². The van der Waals surface area contributed by atoms with E-state index in [1.165, 1.54) is 43.7 Å². The minimum Gasteiger partial charge on any atom is -0.303 e. The van der Waals surface area contributed by atoms with Gasteiger partial charge in [-0.3, -0.25) is 0 Å². The third kappa shape index (κ3) is 5.95. The highest BCUT2D eigenvalue weighted by Gasteiger charge is 2.32. The zero-order valence-corrected chi connectivity index (χ0v) is 17.8. The highest BCUT2D eigenvalue weighted by molar-refractivity contribution is 7.89. The van der Waals surface area contributed by atoms with Crippen LogP contribution in [0.1, 0.15) is 50.5 Å². The van der Waals surface area contributed by atoms with E-state index in [2.05, 4.69) is 4.90 Å². The van der Waals surface area contributed by atoms with Crippen LogP contribution in [0.3, 0.4) is 0 Å². The zero-order valence-electron chi connectivity index (χ0n) is 17.0. The Morgan fingerprint density at radius 3 is 2.07 bits per heavy atom. The van der Waals surface area contributed by atoms with E-state index < -0.39 is 21.8 Å². The smallest absolute Gasteiger partial charge is 0.303 e. The molecule has 3 rings (SSSR count). The highest BCUT2D eigenvalue weighted by Crippen LogP contribution is 2.32. The summed E-state index contributed by atoms with van der Waals surface area (Å²) < 4.78 is 64.9. The molecule has 2 fully saturated rings. The van der Waals surface area contributed by atoms with Gasteiger partial charge in [-0.25, -0.2) is 12.7 Å². The van der Waals surface area contributed by atoms with Gasteiger partial charge < -0.3 is 4.90 Å². The molecule has 4 nitrogen and oxygen atoms in total. The largest absolute Gasteiger partial charge is 0.416 e. The van der Waals surface area contributed by atoms with Crippen molar-refractivity contribution in [3.05, 3.63) is 29.8 Å². The van der Waals surface area contributed by atoms with Gasteiger partial charge in [-0.15, -0.1) is 0 Å². The Morgan fingerprint density at radius 2 is 1.52 bits per heavy atom. The van der Waals surface area contributed by atoms with Crippen molar-refractivity contribution in [2.45, 2.75) is 56.0 Å². The standard InChI is InChI=1S/C21H31F3N2O2S/c1-25(29(27,28)20-11-9-19(10-12-20)21(22,23)24)15-17-5-7-18(8-6-17)16-26-13-3-2-4-14-26/h9-12,17-18H,2-8,13-16H2,1H3. The molecule has 0 radical (unpaired) electrons.